The Kier molecular flexibility index (Phi) is 7.29. The molecule has 1 N–H and O–H groups in total. The first-order valence-corrected chi connectivity index (χ1v) is 9.81. The summed E-state index contributed by atoms with van der Waals surface area (Å²) in [5, 5.41) is 3.02. The van der Waals surface area contributed by atoms with E-state index in [4.69, 9.17) is 9.47 Å². The van der Waals surface area contributed by atoms with Gasteiger partial charge in [0.2, 0.25) is 0 Å². The Bertz CT molecular complexity index is 558. The van der Waals surface area contributed by atoms with E-state index in [1.807, 2.05) is 17.0 Å². The second-order valence-corrected chi connectivity index (χ2v) is 7.10. The molecule has 0 bridgehead atoms. The molecule has 3 rings (SSSR count). The van der Waals surface area contributed by atoms with Crippen molar-refractivity contribution in [1.82, 2.24) is 9.80 Å². The molecule has 2 amide bonds. The highest BCUT2D eigenvalue weighted by atomic mass is 16.5. The lowest BCUT2D eigenvalue weighted by molar-refractivity contribution is 0.0115. The van der Waals surface area contributed by atoms with Crippen LogP contribution in [0.5, 0.6) is 0 Å². The number of carbonyl (C=O) groups is 1. The number of piperidine rings is 1. The van der Waals surface area contributed by atoms with Crippen molar-refractivity contribution < 1.29 is 14.3 Å². The van der Waals surface area contributed by atoms with Crippen LogP contribution in [0, 0.1) is 0 Å². The van der Waals surface area contributed by atoms with Crippen molar-refractivity contribution in [2.24, 2.45) is 0 Å². The molecule has 2 aliphatic heterocycles. The average molecular weight is 361 g/mol. The van der Waals surface area contributed by atoms with E-state index in [0.717, 1.165) is 70.9 Å². The minimum Gasteiger partial charge on any atom is -0.379 e. The van der Waals surface area contributed by atoms with Gasteiger partial charge < -0.3 is 19.7 Å². The molecule has 0 unspecified atom stereocenters. The first-order chi connectivity index (χ1) is 12.7. The van der Waals surface area contributed by atoms with Gasteiger partial charge in [0.05, 0.1) is 19.3 Å². The van der Waals surface area contributed by atoms with Crippen LogP contribution in [0.25, 0.3) is 0 Å². The third-order valence-electron chi connectivity index (χ3n) is 4.94. The summed E-state index contributed by atoms with van der Waals surface area (Å²) in [6, 6.07) is 8.13. The van der Waals surface area contributed by atoms with E-state index >= 15 is 0 Å². The lowest BCUT2D eigenvalue weighted by atomic mass is 10.1. The fourth-order valence-electron chi connectivity index (χ4n) is 3.46. The van der Waals surface area contributed by atoms with Crippen LogP contribution in [-0.4, -0.2) is 67.9 Å². The zero-order chi connectivity index (χ0) is 18.2. The second-order valence-electron chi connectivity index (χ2n) is 7.10. The summed E-state index contributed by atoms with van der Waals surface area (Å²) in [6.07, 6.45) is 3.23. The van der Waals surface area contributed by atoms with Crippen LogP contribution >= 0.6 is 0 Å². The fourth-order valence-corrected chi connectivity index (χ4v) is 3.46. The number of likely N-dealkylation sites (tertiary alicyclic amines) is 1. The molecule has 1 aromatic carbocycles. The number of benzene rings is 1. The van der Waals surface area contributed by atoms with Gasteiger partial charge >= 0.3 is 6.03 Å². The summed E-state index contributed by atoms with van der Waals surface area (Å²) in [5.74, 6) is 0. The van der Waals surface area contributed by atoms with Crippen LogP contribution in [0.3, 0.4) is 0 Å². The predicted octanol–water partition coefficient (Wildman–Crippen LogP) is 2.94. The Balaban J connectivity index is 1.47. The number of nitrogens with zero attached hydrogens (tertiary/aromatic N) is 2. The number of carbonyl (C=O) groups excluding carboxylic acids is 1. The number of rotatable bonds is 6. The summed E-state index contributed by atoms with van der Waals surface area (Å²) in [5.41, 5.74) is 2.10. The maximum Gasteiger partial charge on any atom is 0.321 e. The maximum absolute atomic E-state index is 12.5. The molecule has 6 heteroatoms. The van der Waals surface area contributed by atoms with Crippen molar-refractivity contribution in [3.05, 3.63) is 29.8 Å². The normalized spacial score (nSPS) is 21.6. The molecule has 1 aromatic rings. The van der Waals surface area contributed by atoms with Crippen molar-refractivity contribution in [1.29, 1.82) is 0 Å². The molecule has 0 aliphatic carbocycles. The zero-order valence-corrected chi connectivity index (χ0v) is 15.8. The molecular weight excluding hydrogens is 330 g/mol. The Hall–Kier alpha value is -1.63. The number of hydrogen-bond acceptors (Lipinski definition) is 4. The molecule has 2 fully saturated rings. The summed E-state index contributed by atoms with van der Waals surface area (Å²) in [6.45, 7) is 8.87. The van der Waals surface area contributed by atoms with E-state index in [-0.39, 0.29) is 12.1 Å². The van der Waals surface area contributed by atoms with Crippen LogP contribution in [0.2, 0.25) is 0 Å². The number of amides is 2. The van der Waals surface area contributed by atoms with Crippen molar-refractivity contribution in [2.45, 2.75) is 38.8 Å². The lowest BCUT2D eigenvalue weighted by Crippen LogP contribution is -2.45. The number of anilines is 1. The van der Waals surface area contributed by atoms with E-state index in [1.54, 1.807) is 0 Å². The largest absolute Gasteiger partial charge is 0.379 e. The topological polar surface area (TPSA) is 54.0 Å². The van der Waals surface area contributed by atoms with Gasteiger partial charge in [0.15, 0.2) is 0 Å². The third kappa shape index (κ3) is 5.69. The second kappa shape index (κ2) is 9.90. The lowest BCUT2D eigenvalue weighted by Gasteiger charge is -2.32. The maximum atomic E-state index is 12.5. The van der Waals surface area contributed by atoms with E-state index < -0.39 is 0 Å². The summed E-state index contributed by atoms with van der Waals surface area (Å²) < 4.78 is 11.2. The monoisotopic (exact) mass is 361 g/mol. The van der Waals surface area contributed by atoms with Gasteiger partial charge in [0.1, 0.15) is 0 Å². The fraction of sp³-hybridized carbons (Fsp3) is 0.650. The van der Waals surface area contributed by atoms with Crippen molar-refractivity contribution in [2.75, 3.05) is 51.3 Å². The Morgan fingerprint density at radius 1 is 1.23 bits per heavy atom. The van der Waals surface area contributed by atoms with Gasteiger partial charge in [0.25, 0.3) is 0 Å². The molecule has 144 valence electrons. The van der Waals surface area contributed by atoms with Crippen LogP contribution in [0.1, 0.15) is 31.7 Å². The van der Waals surface area contributed by atoms with E-state index in [1.165, 1.54) is 5.56 Å². The first kappa shape index (κ1) is 19.1. The van der Waals surface area contributed by atoms with Crippen LogP contribution in [0.15, 0.2) is 24.3 Å². The molecule has 0 spiro atoms. The summed E-state index contributed by atoms with van der Waals surface area (Å²) >= 11 is 0. The van der Waals surface area contributed by atoms with Gasteiger partial charge in [-0.25, -0.2) is 4.79 Å². The molecule has 2 saturated heterocycles. The van der Waals surface area contributed by atoms with Crippen LogP contribution in [0.4, 0.5) is 10.5 Å². The molecular formula is C20H31N3O3. The summed E-state index contributed by atoms with van der Waals surface area (Å²) in [4.78, 5) is 16.8. The highest BCUT2D eigenvalue weighted by Gasteiger charge is 2.24. The number of urea groups is 1. The molecule has 0 saturated carbocycles. The van der Waals surface area contributed by atoms with Gasteiger partial charge in [-0.2, -0.15) is 0 Å². The van der Waals surface area contributed by atoms with Gasteiger partial charge in [-0.05, 0) is 37.0 Å². The molecule has 6 nitrogen and oxygen atoms in total. The minimum absolute atomic E-state index is 0.0317. The van der Waals surface area contributed by atoms with E-state index in [0.29, 0.717) is 6.54 Å². The standard InChI is InChI=1S/C20H31N3O3/c1-2-12-26-19-4-3-9-23(16-19)20(24)21-18-7-5-17(6-8-18)15-22-10-13-25-14-11-22/h5-8,19H,2-4,9-16H2,1H3,(H,21,24)/t19-/m1/s1. The predicted molar refractivity (Wildman–Crippen MR) is 102 cm³/mol. The number of hydrogen-bond donors (Lipinski definition) is 1. The molecule has 2 heterocycles. The van der Waals surface area contributed by atoms with Crippen molar-refractivity contribution >= 4 is 11.7 Å². The van der Waals surface area contributed by atoms with Gasteiger partial charge in [-0.15, -0.1) is 0 Å². The molecule has 0 radical (unpaired) electrons. The minimum atomic E-state index is -0.0317. The molecule has 1 atom stereocenters. The number of ether oxygens (including phenoxy) is 2. The number of morpholine rings is 1. The SMILES string of the molecule is CCCO[C@@H]1CCCN(C(=O)Nc2ccc(CN3CCOCC3)cc2)C1. The average Bonchev–Trinajstić information content (AvgIpc) is 2.69. The molecule has 26 heavy (non-hydrogen) atoms. The van der Waals surface area contributed by atoms with Crippen LogP contribution < -0.4 is 5.32 Å². The van der Waals surface area contributed by atoms with E-state index in [9.17, 15) is 4.79 Å². The Morgan fingerprint density at radius 3 is 2.73 bits per heavy atom. The molecule has 0 aromatic heterocycles. The van der Waals surface area contributed by atoms with Gasteiger partial charge in [-0.1, -0.05) is 19.1 Å². The van der Waals surface area contributed by atoms with E-state index in [2.05, 4.69) is 29.3 Å². The van der Waals surface area contributed by atoms with Gasteiger partial charge in [-0.3, -0.25) is 4.90 Å². The van der Waals surface area contributed by atoms with Gasteiger partial charge in [0, 0.05) is 45.0 Å². The summed E-state index contributed by atoms with van der Waals surface area (Å²) in [7, 11) is 0. The highest BCUT2D eigenvalue weighted by molar-refractivity contribution is 5.89. The first-order valence-electron chi connectivity index (χ1n) is 9.81. The Labute approximate surface area is 156 Å². The number of nitrogens with one attached hydrogen (secondary N) is 1. The van der Waals surface area contributed by atoms with Crippen LogP contribution in [-0.2, 0) is 16.0 Å². The Morgan fingerprint density at radius 2 is 2.00 bits per heavy atom. The highest BCUT2D eigenvalue weighted by Crippen LogP contribution is 2.17. The molecule has 2 aliphatic rings. The van der Waals surface area contributed by atoms with Crippen molar-refractivity contribution in [3.63, 3.8) is 0 Å². The smallest absolute Gasteiger partial charge is 0.321 e. The van der Waals surface area contributed by atoms with Crippen molar-refractivity contribution in [3.8, 4) is 0 Å². The third-order valence-corrected chi connectivity index (χ3v) is 4.94. The quantitative estimate of drug-likeness (QED) is 0.846. The zero-order valence-electron chi connectivity index (χ0n) is 15.8.